The van der Waals surface area contributed by atoms with Crippen LogP contribution in [0.25, 0.3) is 0 Å². The van der Waals surface area contributed by atoms with E-state index in [9.17, 15) is 31.5 Å². The molecule has 0 aliphatic carbocycles. The van der Waals surface area contributed by atoms with E-state index in [4.69, 9.17) is 14.6 Å². The number of carbonyl (C=O) groups is 2. The molecule has 1 aliphatic rings. The predicted octanol–water partition coefficient (Wildman–Crippen LogP) is 3.27. The van der Waals surface area contributed by atoms with Crippen LogP contribution in [0, 0.1) is 13.8 Å². The Bertz CT molecular complexity index is 1160. The molecule has 0 radical (unpaired) electrons. The molecule has 0 saturated carbocycles. The standard InChI is InChI=1S/C19H22N2O5S.C2HF3O2/c1-13-3-6-18(14(2)11-13)27(24,25)20-15-4-5-17(16(12-15)19(22)23)21-7-9-26-10-8-21;3-2(4,5)1(6)7/h3-6,11-12,20H,7-10H2,1-2H3,(H,22,23);(H,6,7). The molecule has 0 unspecified atom stereocenters. The van der Waals surface area contributed by atoms with E-state index in [0.29, 0.717) is 37.6 Å². The first kappa shape index (κ1) is 26.9. The molecule has 1 heterocycles. The number of aliphatic carboxylic acids is 1. The number of carboxylic acid groups (broad SMARTS) is 2. The van der Waals surface area contributed by atoms with Crippen LogP contribution in [0.15, 0.2) is 41.3 Å². The number of nitrogens with zero attached hydrogens (tertiary/aromatic N) is 1. The quantitative estimate of drug-likeness (QED) is 0.565. The number of anilines is 2. The number of hydrogen-bond acceptors (Lipinski definition) is 6. The van der Waals surface area contributed by atoms with E-state index in [1.54, 1.807) is 37.3 Å². The molecule has 186 valence electrons. The van der Waals surface area contributed by atoms with Gasteiger partial charge < -0.3 is 19.8 Å². The molecule has 13 heteroatoms. The van der Waals surface area contributed by atoms with Gasteiger partial charge in [0.05, 0.1) is 29.4 Å². The monoisotopic (exact) mass is 504 g/mol. The van der Waals surface area contributed by atoms with Gasteiger partial charge in [-0.3, -0.25) is 4.72 Å². The van der Waals surface area contributed by atoms with Gasteiger partial charge in [-0.1, -0.05) is 17.7 Å². The second kappa shape index (κ2) is 10.7. The summed E-state index contributed by atoms with van der Waals surface area (Å²) in [5.41, 5.74) is 2.42. The highest BCUT2D eigenvalue weighted by Gasteiger charge is 2.38. The van der Waals surface area contributed by atoms with Crippen LogP contribution in [0.3, 0.4) is 0 Å². The number of aromatic carboxylic acids is 1. The number of rotatable bonds is 5. The highest BCUT2D eigenvalue weighted by atomic mass is 32.2. The molecule has 3 rings (SSSR count). The molecular weight excluding hydrogens is 481 g/mol. The van der Waals surface area contributed by atoms with Crippen molar-refractivity contribution in [1.82, 2.24) is 0 Å². The average molecular weight is 504 g/mol. The zero-order valence-electron chi connectivity index (χ0n) is 18.2. The van der Waals surface area contributed by atoms with Gasteiger partial charge in [-0.15, -0.1) is 0 Å². The number of carboxylic acids is 2. The van der Waals surface area contributed by atoms with E-state index in [-0.39, 0.29) is 16.1 Å². The molecule has 1 fully saturated rings. The summed E-state index contributed by atoms with van der Waals surface area (Å²) in [6.45, 7) is 5.86. The molecule has 1 aliphatic heterocycles. The number of sulfonamides is 1. The third-order valence-corrected chi connectivity index (χ3v) is 6.23. The zero-order chi connectivity index (χ0) is 25.7. The molecular formula is C21H23F3N2O7S. The van der Waals surface area contributed by atoms with Crippen LogP contribution < -0.4 is 9.62 Å². The van der Waals surface area contributed by atoms with Crippen LogP contribution in [0.2, 0.25) is 0 Å². The van der Waals surface area contributed by atoms with E-state index >= 15 is 0 Å². The van der Waals surface area contributed by atoms with Crippen LogP contribution in [-0.4, -0.2) is 63.0 Å². The maximum absolute atomic E-state index is 12.7. The minimum absolute atomic E-state index is 0.0535. The summed E-state index contributed by atoms with van der Waals surface area (Å²) >= 11 is 0. The summed E-state index contributed by atoms with van der Waals surface area (Å²) in [6, 6.07) is 9.64. The van der Waals surface area contributed by atoms with Crippen LogP contribution in [-0.2, 0) is 19.6 Å². The van der Waals surface area contributed by atoms with E-state index in [0.717, 1.165) is 5.56 Å². The SMILES string of the molecule is Cc1ccc(S(=O)(=O)Nc2ccc(N3CCOCC3)c(C(=O)O)c2)c(C)c1.O=C(O)C(F)(F)F. The Morgan fingerprint density at radius 2 is 1.62 bits per heavy atom. The van der Waals surface area contributed by atoms with Gasteiger partial charge in [0.1, 0.15) is 0 Å². The van der Waals surface area contributed by atoms with Crippen molar-refractivity contribution < 1.29 is 46.1 Å². The molecule has 0 bridgehead atoms. The number of morpholine rings is 1. The van der Waals surface area contributed by atoms with Crippen LogP contribution in [0.4, 0.5) is 24.5 Å². The van der Waals surface area contributed by atoms with Crippen molar-refractivity contribution in [2.24, 2.45) is 0 Å². The maximum atomic E-state index is 12.7. The summed E-state index contributed by atoms with van der Waals surface area (Å²) in [7, 11) is -3.82. The second-order valence-electron chi connectivity index (χ2n) is 7.31. The van der Waals surface area contributed by atoms with E-state index < -0.39 is 28.1 Å². The van der Waals surface area contributed by atoms with Crippen LogP contribution in [0.1, 0.15) is 21.5 Å². The van der Waals surface area contributed by atoms with Crippen molar-refractivity contribution >= 4 is 33.3 Å². The van der Waals surface area contributed by atoms with Crippen molar-refractivity contribution in [2.45, 2.75) is 24.9 Å². The molecule has 0 atom stereocenters. The van der Waals surface area contributed by atoms with Gasteiger partial charge in [0.25, 0.3) is 10.0 Å². The minimum atomic E-state index is -5.08. The number of nitrogens with one attached hydrogen (secondary N) is 1. The fraction of sp³-hybridized carbons (Fsp3) is 0.333. The number of halogens is 3. The molecule has 3 N–H and O–H groups in total. The average Bonchev–Trinajstić information content (AvgIpc) is 2.73. The van der Waals surface area contributed by atoms with Gasteiger partial charge in [0.15, 0.2) is 0 Å². The first-order chi connectivity index (χ1) is 15.7. The Morgan fingerprint density at radius 3 is 2.12 bits per heavy atom. The molecule has 0 spiro atoms. The summed E-state index contributed by atoms with van der Waals surface area (Å²) in [5.74, 6) is -3.86. The van der Waals surface area contributed by atoms with Gasteiger partial charge in [-0.05, 0) is 43.7 Å². The van der Waals surface area contributed by atoms with Crippen molar-refractivity contribution in [3.63, 3.8) is 0 Å². The highest BCUT2D eigenvalue weighted by molar-refractivity contribution is 7.92. The summed E-state index contributed by atoms with van der Waals surface area (Å²) in [4.78, 5) is 22.7. The van der Waals surface area contributed by atoms with Gasteiger partial charge in [0, 0.05) is 18.8 Å². The lowest BCUT2D eigenvalue weighted by molar-refractivity contribution is -0.192. The number of ether oxygens (including phenoxy) is 1. The Hall–Kier alpha value is -3.32. The molecule has 9 nitrogen and oxygen atoms in total. The summed E-state index contributed by atoms with van der Waals surface area (Å²) < 4.78 is 65.0. The predicted molar refractivity (Wildman–Crippen MR) is 117 cm³/mol. The van der Waals surface area contributed by atoms with Gasteiger partial charge in [-0.2, -0.15) is 13.2 Å². The Labute approximate surface area is 193 Å². The topological polar surface area (TPSA) is 133 Å². The van der Waals surface area contributed by atoms with Crippen LogP contribution >= 0.6 is 0 Å². The second-order valence-corrected chi connectivity index (χ2v) is 8.96. The lowest BCUT2D eigenvalue weighted by atomic mass is 10.1. The lowest BCUT2D eigenvalue weighted by Crippen LogP contribution is -2.37. The normalized spacial score (nSPS) is 14.1. The van der Waals surface area contributed by atoms with Crippen molar-refractivity contribution in [2.75, 3.05) is 35.9 Å². The fourth-order valence-corrected chi connectivity index (χ4v) is 4.44. The van der Waals surface area contributed by atoms with Crippen molar-refractivity contribution in [3.8, 4) is 0 Å². The Kier molecular flexibility index (Phi) is 8.51. The van der Waals surface area contributed by atoms with E-state index in [1.807, 2.05) is 11.8 Å². The smallest absolute Gasteiger partial charge is 0.478 e. The van der Waals surface area contributed by atoms with Gasteiger partial charge in [0.2, 0.25) is 0 Å². The first-order valence-corrected chi connectivity index (χ1v) is 11.3. The number of benzene rings is 2. The lowest BCUT2D eigenvalue weighted by Gasteiger charge is -2.30. The fourth-order valence-electron chi connectivity index (χ4n) is 3.16. The molecule has 0 aromatic heterocycles. The molecule has 2 aromatic rings. The minimum Gasteiger partial charge on any atom is -0.478 e. The maximum Gasteiger partial charge on any atom is 0.490 e. The molecule has 34 heavy (non-hydrogen) atoms. The molecule has 1 saturated heterocycles. The van der Waals surface area contributed by atoms with E-state index in [1.165, 1.54) is 6.07 Å². The van der Waals surface area contributed by atoms with Gasteiger partial charge in [-0.25, -0.2) is 18.0 Å². The van der Waals surface area contributed by atoms with Crippen LogP contribution in [0.5, 0.6) is 0 Å². The Morgan fingerprint density at radius 1 is 1.03 bits per heavy atom. The zero-order valence-corrected chi connectivity index (χ0v) is 19.0. The van der Waals surface area contributed by atoms with Crippen molar-refractivity contribution in [1.29, 1.82) is 0 Å². The molecule has 2 aromatic carbocycles. The number of alkyl halides is 3. The summed E-state index contributed by atoms with van der Waals surface area (Å²) in [6.07, 6.45) is -5.08. The highest BCUT2D eigenvalue weighted by Crippen LogP contribution is 2.27. The summed E-state index contributed by atoms with van der Waals surface area (Å²) in [5, 5.41) is 16.7. The van der Waals surface area contributed by atoms with Crippen molar-refractivity contribution in [3.05, 3.63) is 53.1 Å². The van der Waals surface area contributed by atoms with Gasteiger partial charge >= 0.3 is 18.1 Å². The first-order valence-electron chi connectivity index (χ1n) is 9.82. The number of hydrogen-bond donors (Lipinski definition) is 3. The van der Waals surface area contributed by atoms with E-state index in [2.05, 4.69) is 4.72 Å². The Balaban J connectivity index is 0.000000509. The largest absolute Gasteiger partial charge is 0.490 e. The molecule has 0 amide bonds. The number of aryl methyl sites for hydroxylation is 2. The third-order valence-electron chi connectivity index (χ3n) is 4.69. The third kappa shape index (κ3) is 7.09.